The van der Waals surface area contributed by atoms with Crippen LogP contribution in [0.4, 0.5) is 0 Å². The fraction of sp³-hybridized carbons (Fsp3) is 0.250. The molecule has 0 fully saturated rings. The van der Waals surface area contributed by atoms with Gasteiger partial charge in [0.2, 0.25) is 0 Å². The molecule has 0 unspecified atom stereocenters. The molecule has 100 valence electrons. The number of carbonyl (C=O) groups excluding carboxylic acids is 1. The Bertz CT molecular complexity index is 612. The molecule has 2 N–H and O–H groups in total. The summed E-state index contributed by atoms with van der Waals surface area (Å²) in [5, 5.41) is 16.3. The molecule has 0 saturated carbocycles. The molecule has 0 radical (unpaired) electrons. The van der Waals surface area contributed by atoms with Gasteiger partial charge in [0.25, 0.3) is 5.91 Å². The van der Waals surface area contributed by atoms with E-state index in [9.17, 15) is 9.90 Å². The first-order valence-electron chi connectivity index (χ1n) is 5.59. The average Bonchev–Trinajstić information content (AvgIpc) is 2.77. The van der Waals surface area contributed by atoms with Gasteiger partial charge >= 0.3 is 0 Å². The molecule has 0 atom stereocenters. The normalized spacial score (nSPS) is 10.5. The molecule has 2 aromatic rings. The quantitative estimate of drug-likeness (QED) is 0.804. The first kappa shape index (κ1) is 13.8. The van der Waals surface area contributed by atoms with Crippen molar-refractivity contribution in [2.45, 2.75) is 13.5 Å². The summed E-state index contributed by atoms with van der Waals surface area (Å²) < 4.78 is 0.710. The van der Waals surface area contributed by atoms with Crippen molar-refractivity contribution in [2.24, 2.45) is 0 Å². The highest BCUT2D eigenvalue weighted by Gasteiger charge is 2.15. The molecular weight excluding hydrogens is 359 g/mol. The summed E-state index contributed by atoms with van der Waals surface area (Å²) in [6.07, 6.45) is 0. The molecular formula is C12H13IN4O2. The van der Waals surface area contributed by atoms with Gasteiger partial charge in [0.15, 0.2) is 5.82 Å². The van der Waals surface area contributed by atoms with E-state index in [4.69, 9.17) is 0 Å². The second-order valence-electron chi connectivity index (χ2n) is 4.16. The standard InChI is InChI=1S/C12H13IN4O2/c1-7-14-11(16-15-7)6-17(2)12(19)8-3-4-9(13)10(18)5-8/h3-5,18H,6H2,1-2H3,(H,14,15,16). The van der Waals surface area contributed by atoms with Crippen LogP contribution in [0.15, 0.2) is 18.2 Å². The van der Waals surface area contributed by atoms with E-state index >= 15 is 0 Å². The lowest BCUT2D eigenvalue weighted by Gasteiger charge is -2.15. The number of hydrogen-bond acceptors (Lipinski definition) is 4. The Morgan fingerprint density at radius 2 is 2.26 bits per heavy atom. The molecule has 19 heavy (non-hydrogen) atoms. The summed E-state index contributed by atoms with van der Waals surface area (Å²) in [7, 11) is 1.67. The number of phenolic OH excluding ortho intramolecular Hbond substituents is 1. The van der Waals surface area contributed by atoms with Crippen LogP contribution in [-0.2, 0) is 6.54 Å². The predicted octanol–water partition coefficient (Wildman–Crippen LogP) is 1.70. The van der Waals surface area contributed by atoms with Gasteiger partial charge < -0.3 is 10.0 Å². The zero-order valence-electron chi connectivity index (χ0n) is 10.5. The first-order valence-corrected chi connectivity index (χ1v) is 6.67. The smallest absolute Gasteiger partial charge is 0.254 e. The number of benzene rings is 1. The van der Waals surface area contributed by atoms with Crippen LogP contribution in [0.5, 0.6) is 5.75 Å². The number of carbonyl (C=O) groups is 1. The Morgan fingerprint density at radius 1 is 1.53 bits per heavy atom. The highest BCUT2D eigenvalue weighted by Crippen LogP contribution is 2.21. The van der Waals surface area contributed by atoms with E-state index in [0.29, 0.717) is 27.3 Å². The number of amides is 1. The van der Waals surface area contributed by atoms with Gasteiger partial charge in [-0.15, -0.1) is 0 Å². The number of aromatic amines is 1. The summed E-state index contributed by atoms with van der Waals surface area (Å²) >= 11 is 2.00. The lowest BCUT2D eigenvalue weighted by molar-refractivity contribution is 0.0781. The number of nitrogens with zero attached hydrogens (tertiary/aromatic N) is 3. The van der Waals surface area contributed by atoms with Gasteiger partial charge in [-0.2, -0.15) is 5.10 Å². The summed E-state index contributed by atoms with van der Waals surface area (Å²) in [6, 6.07) is 4.85. The van der Waals surface area contributed by atoms with E-state index in [0.717, 1.165) is 0 Å². The van der Waals surface area contributed by atoms with Crippen molar-refractivity contribution in [3.8, 4) is 5.75 Å². The van der Waals surface area contributed by atoms with Gasteiger partial charge in [-0.3, -0.25) is 9.89 Å². The van der Waals surface area contributed by atoms with E-state index in [1.165, 1.54) is 11.0 Å². The SMILES string of the molecule is Cc1nc(CN(C)C(=O)c2ccc(I)c(O)c2)n[nH]1. The minimum atomic E-state index is -0.186. The molecule has 1 heterocycles. The molecule has 1 amide bonds. The van der Waals surface area contributed by atoms with Crippen LogP contribution >= 0.6 is 22.6 Å². The second-order valence-corrected chi connectivity index (χ2v) is 5.33. The van der Waals surface area contributed by atoms with Crippen LogP contribution < -0.4 is 0 Å². The maximum absolute atomic E-state index is 12.2. The summed E-state index contributed by atoms with van der Waals surface area (Å²) in [4.78, 5) is 17.8. The number of aromatic nitrogens is 3. The van der Waals surface area contributed by atoms with E-state index in [-0.39, 0.29) is 11.7 Å². The van der Waals surface area contributed by atoms with Crippen LogP contribution in [0, 0.1) is 10.5 Å². The predicted molar refractivity (Wildman–Crippen MR) is 77.7 cm³/mol. The number of halogens is 1. The molecule has 0 aliphatic heterocycles. The van der Waals surface area contributed by atoms with Crippen molar-refractivity contribution >= 4 is 28.5 Å². The Balaban J connectivity index is 2.12. The fourth-order valence-corrected chi connectivity index (χ4v) is 1.95. The van der Waals surface area contributed by atoms with Gasteiger partial charge in [-0.05, 0) is 47.7 Å². The summed E-state index contributed by atoms with van der Waals surface area (Å²) in [5.41, 5.74) is 0.438. The number of aromatic hydroxyl groups is 1. The fourth-order valence-electron chi connectivity index (χ4n) is 1.61. The largest absolute Gasteiger partial charge is 0.507 e. The van der Waals surface area contributed by atoms with Gasteiger partial charge in [0.1, 0.15) is 11.6 Å². The molecule has 0 aliphatic rings. The third kappa shape index (κ3) is 3.22. The Kier molecular flexibility index (Phi) is 4.03. The minimum Gasteiger partial charge on any atom is -0.507 e. The maximum Gasteiger partial charge on any atom is 0.254 e. The van der Waals surface area contributed by atoms with Crippen LogP contribution in [-0.4, -0.2) is 38.1 Å². The van der Waals surface area contributed by atoms with Crippen molar-refractivity contribution in [1.82, 2.24) is 20.1 Å². The maximum atomic E-state index is 12.2. The average molecular weight is 372 g/mol. The van der Waals surface area contributed by atoms with Crippen molar-refractivity contribution in [3.63, 3.8) is 0 Å². The van der Waals surface area contributed by atoms with E-state index in [1.54, 1.807) is 26.1 Å². The van der Waals surface area contributed by atoms with E-state index in [1.807, 2.05) is 22.6 Å². The molecule has 0 spiro atoms. The number of hydrogen-bond donors (Lipinski definition) is 2. The van der Waals surface area contributed by atoms with Crippen LogP contribution in [0.2, 0.25) is 0 Å². The number of rotatable bonds is 3. The van der Waals surface area contributed by atoms with Crippen LogP contribution in [0.3, 0.4) is 0 Å². The van der Waals surface area contributed by atoms with E-state index in [2.05, 4.69) is 15.2 Å². The molecule has 0 saturated heterocycles. The zero-order valence-corrected chi connectivity index (χ0v) is 12.7. The highest BCUT2D eigenvalue weighted by atomic mass is 127. The van der Waals surface area contributed by atoms with Gasteiger partial charge in [-0.25, -0.2) is 4.98 Å². The van der Waals surface area contributed by atoms with Crippen LogP contribution in [0.25, 0.3) is 0 Å². The molecule has 1 aromatic carbocycles. The van der Waals surface area contributed by atoms with Crippen molar-refractivity contribution in [3.05, 3.63) is 39.0 Å². The lowest BCUT2D eigenvalue weighted by Crippen LogP contribution is -2.26. The molecule has 2 rings (SSSR count). The van der Waals surface area contributed by atoms with Gasteiger partial charge in [-0.1, -0.05) is 0 Å². The monoisotopic (exact) mass is 372 g/mol. The summed E-state index contributed by atoms with van der Waals surface area (Å²) in [6.45, 7) is 2.12. The number of aryl methyl sites for hydroxylation is 1. The third-order valence-corrected chi connectivity index (χ3v) is 3.47. The number of nitrogens with one attached hydrogen (secondary N) is 1. The molecule has 6 nitrogen and oxygen atoms in total. The molecule has 7 heteroatoms. The Labute approximate surface area is 124 Å². The zero-order chi connectivity index (χ0) is 14.0. The van der Waals surface area contributed by atoms with Crippen LogP contribution in [0.1, 0.15) is 22.0 Å². The van der Waals surface area contributed by atoms with E-state index < -0.39 is 0 Å². The molecule has 0 bridgehead atoms. The number of H-pyrrole nitrogens is 1. The number of phenols is 1. The molecule has 1 aromatic heterocycles. The minimum absolute atomic E-state index is 0.105. The topological polar surface area (TPSA) is 82.1 Å². The second kappa shape index (κ2) is 5.55. The third-order valence-electron chi connectivity index (χ3n) is 2.56. The van der Waals surface area contributed by atoms with Gasteiger partial charge in [0.05, 0.1) is 10.1 Å². The Morgan fingerprint density at radius 3 is 2.84 bits per heavy atom. The van der Waals surface area contributed by atoms with Crippen molar-refractivity contribution < 1.29 is 9.90 Å². The lowest BCUT2D eigenvalue weighted by atomic mass is 10.2. The van der Waals surface area contributed by atoms with Crippen molar-refractivity contribution in [1.29, 1.82) is 0 Å². The molecule has 0 aliphatic carbocycles. The summed E-state index contributed by atoms with van der Waals surface area (Å²) in [5.74, 6) is 1.19. The van der Waals surface area contributed by atoms with Crippen molar-refractivity contribution in [2.75, 3.05) is 7.05 Å². The highest BCUT2D eigenvalue weighted by molar-refractivity contribution is 14.1. The Hall–Kier alpha value is -1.64. The first-order chi connectivity index (χ1) is 8.97. The van der Waals surface area contributed by atoms with Gasteiger partial charge in [0, 0.05) is 12.6 Å².